The maximum atomic E-state index is 3.56. The van der Waals surface area contributed by atoms with Crippen LogP contribution in [-0.4, -0.2) is 0 Å². The van der Waals surface area contributed by atoms with Crippen LogP contribution in [0, 0.1) is 6.92 Å². The van der Waals surface area contributed by atoms with E-state index in [0.29, 0.717) is 0 Å². The fourth-order valence-corrected chi connectivity index (χ4v) is 2.26. The molecular weight excluding hydrogens is 292 g/mol. The van der Waals surface area contributed by atoms with E-state index in [1.54, 1.807) is 0 Å². The average molecular weight is 306 g/mol. The molecule has 0 aliphatic rings. The van der Waals surface area contributed by atoms with E-state index in [4.69, 9.17) is 0 Å². The standard InChI is InChI=1S/C11H14Br2/c1-7-9(12)5-8(6-10(7)13)11(2,3)4/h5-6H,1-4H3. The summed E-state index contributed by atoms with van der Waals surface area (Å²) in [5, 5.41) is 0. The molecule has 0 spiro atoms. The number of rotatable bonds is 0. The predicted octanol–water partition coefficient (Wildman–Crippen LogP) is 4.82. The van der Waals surface area contributed by atoms with Gasteiger partial charge in [0, 0.05) is 8.95 Å². The van der Waals surface area contributed by atoms with Gasteiger partial charge in [-0.3, -0.25) is 0 Å². The Bertz CT molecular complexity index is 298. The smallest absolute Gasteiger partial charge is 0.0218 e. The Hall–Kier alpha value is 0.180. The minimum Gasteiger partial charge on any atom is -0.0561 e. The molecule has 0 aliphatic carbocycles. The quantitative estimate of drug-likeness (QED) is 0.645. The summed E-state index contributed by atoms with van der Waals surface area (Å²) in [6.45, 7) is 8.75. The van der Waals surface area contributed by atoms with Gasteiger partial charge in [0.15, 0.2) is 0 Å². The molecule has 2 heteroatoms. The van der Waals surface area contributed by atoms with Gasteiger partial charge < -0.3 is 0 Å². The topological polar surface area (TPSA) is 0 Å². The summed E-state index contributed by atoms with van der Waals surface area (Å²) in [5.74, 6) is 0. The molecule has 1 aromatic rings. The lowest BCUT2D eigenvalue weighted by atomic mass is 9.87. The van der Waals surface area contributed by atoms with E-state index in [-0.39, 0.29) is 5.41 Å². The van der Waals surface area contributed by atoms with Gasteiger partial charge in [0.1, 0.15) is 0 Å². The normalized spacial score (nSPS) is 11.8. The van der Waals surface area contributed by atoms with Gasteiger partial charge in [-0.2, -0.15) is 0 Å². The van der Waals surface area contributed by atoms with Crippen molar-refractivity contribution < 1.29 is 0 Å². The van der Waals surface area contributed by atoms with Gasteiger partial charge in [-0.1, -0.05) is 52.6 Å². The van der Waals surface area contributed by atoms with Gasteiger partial charge in [-0.25, -0.2) is 0 Å². The molecule has 0 saturated heterocycles. The van der Waals surface area contributed by atoms with E-state index in [2.05, 4.69) is 71.7 Å². The highest BCUT2D eigenvalue weighted by molar-refractivity contribution is 9.11. The Labute approximate surface area is 97.0 Å². The van der Waals surface area contributed by atoms with Crippen LogP contribution >= 0.6 is 31.9 Å². The Balaban J connectivity index is 3.29. The van der Waals surface area contributed by atoms with Crippen molar-refractivity contribution in [3.63, 3.8) is 0 Å². The summed E-state index contributed by atoms with van der Waals surface area (Å²) in [4.78, 5) is 0. The largest absolute Gasteiger partial charge is 0.0561 e. The summed E-state index contributed by atoms with van der Waals surface area (Å²) < 4.78 is 2.35. The fraction of sp³-hybridized carbons (Fsp3) is 0.455. The summed E-state index contributed by atoms with van der Waals surface area (Å²) in [5.41, 5.74) is 2.81. The van der Waals surface area contributed by atoms with E-state index >= 15 is 0 Å². The molecule has 72 valence electrons. The highest BCUT2D eigenvalue weighted by atomic mass is 79.9. The van der Waals surface area contributed by atoms with Crippen molar-refractivity contribution in [3.05, 3.63) is 32.2 Å². The first-order valence-electron chi connectivity index (χ1n) is 4.28. The maximum Gasteiger partial charge on any atom is 0.0218 e. The van der Waals surface area contributed by atoms with Crippen LogP contribution in [0.4, 0.5) is 0 Å². The molecule has 0 nitrogen and oxygen atoms in total. The monoisotopic (exact) mass is 304 g/mol. The van der Waals surface area contributed by atoms with Crippen molar-refractivity contribution in [2.75, 3.05) is 0 Å². The van der Waals surface area contributed by atoms with Crippen molar-refractivity contribution in [1.29, 1.82) is 0 Å². The number of hydrogen-bond donors (Lipinski definition) is 0. The lowest BCUT2D eigenvalue weighted by Crippen LogP contribution is -2.11. The maximum absolute atomic E-state index is 3.56. The molecule has 0 N–H and O–H groups in total. The molecule has 0 unspecified atom stereocenters. The molecule has 0 atom stereocenters. The first-order chi connectivity index (χ1) is 5.82. The molecule has 0 heterocycles. The summed E-state index contributed by atoms with van der Waals surface area (Å²) in [6.07, 6.45) is 0. The third kappa shape index (κ3) is 2.57. The molecular formula is C11H14Br2. The molecule has 0 amide bonds. The average Bonchev–Trinajstić information content (AvgIpc) is 1.97. The van der Waals surface area contributed by atoms with Crippen molar-refractivity contribution in [1.82, 2.24) is 0 Å². The second kappa shape index (κ2) is 3.74. The van der Waals surface area contributed by atoms with E-state index in [1.165, 1.54) is 20.1 Å². The summed E-state index contributed by atoms with van der Waals surface area (Å²) in [7, 11) is 0. The molecule has 0 radical (unpaired) electrons. The van der Waals surface area contributed by atoms with Crippen LogP contribution in [0.2, 0.25) is 0 Å². The van der Waals surface area contributed by atoms with Crippen LogP contribution in [-0.2, 0) is 5.41 Å². The SMILES string of the molecule is Cc1c(Br)cc(C(C)(C)C)cc1Br. The Morgan fingerprint density at radius 3 is 1.69 bits per heavy atom. The van der Waals surface area contributed by atoms with Crippen LogP contribution in [0.15, 0.2) is 21.1 Å². The second-order valence-corrected chi connectivity index (χ2v) is 6.02. The van der Waals surface area contributed by atoms with Crippen LogP contribution < -0.4 is 0 Å². The lowest BCUT2D eigenvalue weighted by molar-refractivity contribution is 0.589. The Morgan fingerprint density at radius 1 is 1.00 bits per heavy atom. The third-order valence-electron chi connectivity index (χ3n) is 2.15. The highest BCUT2D eigenvalue weighted by Crippen LogP contribution is 2.32. The zero-order valence-corrected chi connectivity index (χ0v) is 11.6. The van der Waals surface area contributed by atoms with Gasteiger partial charge >= 0.3 is 0 Å². The zero-order valence-electron chi connectivity index (χ0n) is 8.41. The first kappa shape index (κ1) is 11.3. The van der Waals surface area contributed by atoms with E-state index in [9.17, 15) is 0 Å². The molecule has 0 aliphatic heterocycles. The molecule has 1 aromatic carbocycles. The second-order valence-electron chi connectivity index (χ2n) is 4.31. The highest BCUT2D eigenvalue weighted by Gasteiger charge is 2.15. The molecule has 1 rings (SSSR count). The molecule has 0 saturated carbocycles. The minimum absolute atomic E-state index is 0.207. The minimum atomic E-state index is 0.207. The van der Waals surface area contributed by atoms with Crippen LogP contribution in [0.5, 0.6) is 0 Å². The predicted molar refractivity (Wildman–Crippen MR) is 65.3 cm³/mol. The van der Waals surface area contributed by atoms with Gasteiger partial charge in [-0.05, 0) is 35.6 Å². The zero-order chi connectivity index (χ0) is 10.2. The van der Waals surface area contributed by atoms with Crippen LogP contribution in [0.1, 0.15) is 31.9 Å². The van der Waals surface area contributed by atoms with E-state index in [1.807, 2.05) is 0 Å². The molecule has 13 heavy (non-hydrogen) atoms. The van der Waals surface area contributed by atoms with Gasteiger partial charge in [-0.15, -0.1) is 0 Å². The van der Waals surface area contributed by atoms with Crippen molar-refractivity contribution in [3.8, 4) is 0 Å². The Morgan fingerprint density at radius 2 is 1.38 bits per heavy atom. The van der Waals surface area contributed by atoms with Crippen LogP contribution in [0.3, 0.4) is 0 Å². The van der Waals surface area contributed by atoms with Gasteiger partial charge in [0.05, 0.1) is 0 Å². The number of halogens is 2. The van der Waals surface area contributed by atoms with Gasteiger partial charge in [0.2, 0.25) is 0 Å². The van der Waals surface area contributed by atoms with E-state index in [0.717, 1.165) is 0 Å². The summed E-state index contributed by atoms with van der Waals surface area (Å²) >= 11 is 7.12. The van der Waals surface area contributed by atoms with Gasteiger partial charge in [0.25, 0.3) is 0 Å². The Kier molecular flexibility index (Phi) is 3.24. The van der Waals surface area contributed by atoms with Crippen molar-refractivity contribution >= 4 is 31.9 Å². The number of benzene rings is 1. The lowest BCUT2D eigenvalue weighted by Gasteiger charge is -2.20. The third-order valence-corrected chi connectivity index (χ3v) is 3.79. The molecule has 0 aromatic heterocycles. The summed E-state index contributed by atoms with van der Waals surface area (Å²) in [6, 6.07) is 4.39. The van der Waals surface area contributed by atoms with E-state index < -0.39 is 0 Å². The molecule has 0 bridgehead atoms. The first-order valence-corrected chi connectivity index (χ1v) is 5.87. The van der Waals surface area contributed by atoms with Crippen LogP contribution in [0.25, 0.3) is 0 Å². The fourth-order valence-electron chi connectivity index (χ4n) is 1.08. The number of hydrogen-bond acceptors (Lipinski definition) is 0. The van der Waals surface area contributed by atoms with Crippen molar-refractivity contribution in [2.45, 2.75) is 33.1 Å². The van der Waals surface area contributed by atoms with Crippen molar-refractivity contribution in [2.24, 2.45) is 0 Å². The molecule has 0 fully saturated rings.